The standard InChI is InChI=1S/C17H16N4O2/c1-12-6-7-15(19-18-12)13-4-3-5-14(10-13)16-8-9-21(20-16)11-17(22)23-2/h3-10H,11H2,1-2H3. The predicted molar refractivity (Wildman–Crippen MR) is 85.4 cm³/mol. The van der Waals surface area contributed by atoms with Gasteiger partial charge in [0.2, 0.25) is 0 Å². The van der Waals surface area contributed by atoms with E-state index >= 15 is 0 Å². The lowest BCUT2D eigenvalue weighted by atomic mass is 10.1. The molecule has 23 heavy (non-hydrogen) atoms. The van der Waals surface area contributed by atoms with E-state index in [9.17, 15) is 4.79 Å². The first-order valence-electron chi connectivity index (χ1n) is 7.17. The smallest absolute Gasteiger partial charge is 0.327 e. The van der Waals surface area contributed by atoms with E-state index in [1.165, 1.54) is 7.11 Å². The van der Waals surface area contributed by atoms with Crippen molar-refractivity contribution in [1.82, 2.24) is 20.0 Å². The van der Waals surface area contributed by atoms with Gasteiger partial charge in [-0.05, 0) is 31.2 Å². The Hall–Kier alpha value is -3.02. The number of aromatic nitrogens is 4. The zero-order valence-electron chi connectivity index (χ0n) is 12.9. The van der Waals surface area contributed by atoms with Crippen LogP contribution >= 0.6 is 0 Å². The Balaban J connectivity index is 1.88. The third-order valence-electron chi connectivity index (χ3n) is 3.41. The number of hydrogen-bond donors (Lipinski definition) is 0. The monoisotopic (exact) mass is 308 g/mol. The van der Waals surface area contributed by atoms with Crippen molar-refractivity contribution in [1.29, 1.82) is 0 Å². The van der Waals surface area contributed by atoms with Gasteiger partial charge in [0, 0.05) is 17.3 Å². The molecule has 0 N–H and O–H groups in total. The molecule has 1 aromatic carbocycles. The zero-order chi connectivity index (χ0) is 16.2. The number of hydrogen-bond acceptors (Lipinski definition) is 5. The number of nitrogens with zero attached hydrogens (tertiary/aromatic N) is 4. The first-order chi connectivity index (χ1) is 11.2. The molecule has 0 spiro atoms. The van der Waals surface area contributed by atoms with Gasteiger partial charge < -0.3 is 4.74 Å². The minimum Gasteiger partial charge on any atom is -0.468 e. The molecule has 0 unspecified atom stereocenters. The van der Waals surface area contributed by atoms with E-state index in [2.05, 4.69) is 20.0 Å². The summed E-state index contributed by atoms with van der Waals surface area (Å²) in [7, 11) is 1.36. The average Bonchev–Trinajstić information content (AvgIpc) is 3.04. The van der Waals surface area contributed by atoms with Gasteiger partial charge in [-0.15, -0.1) is 0 Å². The molecular weight excluding hydrogens is 292 g/mol. The highest BCUT2D eigenvalue weighted by Gasteiger charge is 2.08. The van der Waals surface area contributed by atoms with Crippen LogP contribution in [0.25, 0.3) is 22.5 Å². The molecule has 0 bridgehead atoms. The highest BCUT2D eigenvalue weighted by molar-refractivity contribution is 5.70. The van der Waals surface area contributed by atoms with Crippen LogP contribution in [0.5, 0.6) is 0 Å². The molecule has 0 fully saturated rings. The summed E-state index contributed by atoms with van der Waals surface area (Å²) in [4.78, 5) is 11.3. The normalized spacial score (nSPS) is 10.5. The molecule has 0 amide bonds. The molecule has 0 saturated heterocycles. The fourth-order valence-corrected chi connectivity index (χ4v) is 2.19. The fourth-order valence-electron chi connectivity index (χ4n) is 2.19. The summed E-state index contributed by atoms with van der Waals surface area (Å²) < 4.78 is 6.20. The minimum atomic E-state index is -0.330. The van der Waals surface area contributed by atoms with Crippen LogP contribution in [0.1, 0.15) is 5.69 Å². The SMILES string of the molecule is COC(=O)Cn1ccc(-c2cccc(-c3ccc(C)nn3)c2)n1. The van der Waals surface area contributed by atoms with Gasteiger partial charge in [0.15, 0.2) is 0 Å². The topological polar surface area (TPSA) is 69.9 Å². The van der Waals surface area contributed by atoms with E-state index in [0.29, 0.717) is 0 Å². The van der Waals surface area contributed by atoms with E-state index in [1.807, 2.05) is 49.4 Å². The lowest BCUT2D eigenvalue weighted by Crippen LogP contribution is -2.11. The molecule has 6 nitrogen and oxygen atoms in total. The zero-order valence-corrected chi connectivity index (χ0v) is 12.9. The Morgan fingerprint density at radius 1 is 1.09 bits per heavy atom. The lowest BCUT2D eigenvalue weighted by molar-refractivity contribution is -0.141. The van der Waals surface area contributed by atoms with Gasteiger partial charge in [-0.1, -0.05) is 18.2 Å². The molecule has 0 aliphatic heterocycles. The molecule has 6 heteroatoms. The molecule has 3 aromatic rings. The van der Waals surface area contributed by atoms with E-state index in [0.717, 1.165) is 28.2 Å². The number of carbonyl (C=O) groups is 1. The highest BCUT2D eigenvalue weighted by atomic mass is 16.5. The van der Waals surface area contributed by atoms with Crippen LogP contribution in [0.2, 0.25) is 0 Å². The van der Waals surface area contributed by atoms with E-state index in [1.54, 1.807) is 10.9 Å². The lowest BCUT2D eigenvalue weighted by Gasteiger charge is -2.03. The van der Waals surface area contributed by atoms with Crippen molar-refractivity contribution in [2.24, 2.45) is 0 Å². The molecule has 2 heterocycles. The second-order valence-corrected chi connectivity index (χ2v) is 5.12. The maximum atomic E-state index is 11.3. The van der Waals surface area contributed by atoms with Crippen LogP contribution in [0, 0.1) is 6.92 Å². The Bertz CT molecular complexity index is 825. The van der Waals surface area contributed by atoms with Crippen molar-refractivity contribution in [2.45, 2.75) is 13.5 Å². The number of methoxy groups -OCH3 is 1. The largest absolute Gasteiger partial charge is 0.468 e. The Morgan fingerprint density at radius 2 is 1.87 bits per heavy atom. The molecule has 0 radical (unpaired) electrons. The van der Waals surface area contributed by atoms with Gasteiger partial charge >= 0.3 is 5.97 Å². The number of esters is 1. The third-order valence-corrected chi connectivity index (χ3v) is 3.41. The molecule has 0 saturated carbocycles. The molecule has 0 aliphatic rings. The number of benzene rings is 1. The summed E-state index contributed by atoms with van der Waals surface area (Å²) in [5.74, 6) is -0.330. The quantitative estimate of drug-likeness (QED) is 0.693. The van der Waals surface area contributed by atoms with Crippen LogP contribution in [0.3, 0.4) is 0 Å². The highest BCUT2D eigenvalue weighted by Crippen LogP contribution is 2.23. The number of aryl methyl sites for hydroxylation is 1. The maximum absolute atomic E-state index is 11.3. The van der Waals surface area contributed by atoms with Crippen molar-refractivity contribution < 1.29 is 9.53 Å². The summed E-state index contributed by atoms with van der Waals surface area (Å²) in [6.45, 7) is 2.00. The first-order valence-corrected chi connectivity index (χ1v) is 7.17. The third kappa shape index (κ3) is 3.42. The molecule has 0 atom stereocenters. The summed E-state index contributed by atoms with van der Waals surface area (Å²) in [5, 5.41) is 12.7. The van der Waals surface area contributed by atoms with Crippen molar-refractivity contribution in [3.63, 3.8) is 0 Å². The molecule has 0 aliphatic carbocycles. The van der Waals surface area contributed by atoms with Gasteiger partial charge in [-0.2, -0.15) is 15.3 Å². The van der Waals surface area contributed by atoms with Crippen LogP contribution in [0.15, 0.2) is 48.7 Å². The van der Waals surface area contributed by atoms with E-state index < -0.39 is 0 Å². The molecule has 116 valence electrons. The summed E-state index contributed by atoms with van der Waals surface area (Å²) in [6.07, 6.45) is 1.75. The first kappa shape index (κ1) is 14.9. The Morgan fingerprint density at radius 3 is 2.57 bits per heavy atom. The predicted octanol–water partition coefficient (Wildman–Crippen LogP) is 2.49. The second-order valence-electron chi connectivity index (χ2n) is 5.12. The molecular formula is C17H16N4O2. The van der Waals surface area contributed by atoms with Gasteiger partial charge in [0.05, 0.1) is 24.2 Å². The summed E-state index contributed by atoms with van der Waals surface area (Å²) >= 11 is 0. The van der Waals surface area contributed by atoms with Gasteiger partial charge in [0.25, 0.3) is 0 Å². The average molecular weight is 308 g/mol. The Kier molecular flexibility index (Phi) is 4.14. The number of rotatable bonds is 4. The van der Waals surface area contributed by atoms with Gasteiger partial charge in [-0.3, -0.25) is 9.48 Å². The van der Waals surface area contributed by atoms with Crippen molar-refractivity contribution in [3.8, 4) is 22.5 Å². The van der Waals surface area contributed by atoms with Crippen LogP contribution < -0.4 is 0 Å². The van der Waals surface area contributed by atoms with Crippen LogP contribution in [0.4, 0.5) is 0 Å². The van der Waals surface area contributed by atoms with E-state index in [-0.39, 0.29) is 12.5 Å². The van der Waals surface area contributed by atoms with Crippen molar-refractivity contribution in [3.05, 3.63) is 54.4 Å². The molecule has 2 aromatic heterocycles. The maximum Gasteiger partial charge on any atom is 0.327 e. The van der Waals surface area contributed by atoms with Crippen LogP contribution in [-0.4, -0.2) is 33.1 Å². The number of ether oxygens (including phenoxy) is 1. The summed E-state index contributed by atoms with van der Waals surface area (Å²) in [6, 6.07) is 13.6. The van der Waals surface area contributed by atoms with Crippen molar-refractivity contribution >= 4 is 5.97 Å². The van der Waals surface area contributed by atoms with E-state index in [4.69, 9.17) is 0 Å². The second kappa shape index (κ2) is 6.39. The van der Waals surface area contributed by atoms with Crippen LogP contribution in [-0.2, 0) is 16.1 Å². The van der Waals surface area contributed by atoms with Crippen molar-refractivity contribution in [2.75, 3.05) is 7.11 Å². The van der Waals surface area contributed by atoms with Gasteiger partial charge in [0.1, 0.15) is 6.54 Å². The summed E-state index contributed by atoms with van der Waals surface area (Å²) in [5.41, 5.74) is 4.40. The Labute approximate surface area is 133 Å². The fraction of sp³-hybridized carbons (Fsp3) is 0.176. The number of carbonyl (C=O) groups excluding carboxylic acids is 1. The minimum absolute atomic E-state index is 0.0969. The van der Waals surface area contributed by atoms with Gasteiger partial charge in [-0.25, -0.2) is 0 Å². The molecule has 3 rings (SSSR count).